The molecule has 3 aromatic rings. The lowest BCUT2D eigenvalue weighted by atomic mass is 10.2. The van der Waals surface area contributed by atoms with Crippen molar-refractivity contribution in [3.8, 4) is 11.5 Å². The van der Waals surface area contributed by atoms with Crippen molar-refractivity contribution in [1.29, 1.82) is 0 Å². The highest BCUT2D eigenvalue weighted by Gasteiger charge is 2.12. The molecule has 0 radical (unpaired) electrons. The monoisotopic (exact) mass is 364 g/mol. The molecule has 0 aliphatic rings. The zero-order valence-corrected chi connectivity index (χ0v) is 16.1. The predicted octanol–water partition coefficient (Wildman–Crippen LogP) is 4.70. The fourth-order valence-corrected chi connectivity index (χ4v) is 2.85. The molecule has 3 rings (SSSR count). The Bertz CT molecular complexity index is 914. The number of aryl methyl sites for hydroxylation is 1. The van der Waals surface area contributed by atoms with E-state index in [0.717, 1.165) is 29.5 Å². The van der Waals surface area contributed by atoms with E-state index in [-0.39, 0.29) is 0 Å². The summed E-state index contributed by atoms with van der Waals surface area (Å²) in [7, 11) is 3.24. The fraction of sp³-hybridized carbons (Fsp3) is 0.238. The molecule has 0 fully saturated rings. The maximum absolute atomic E-state index is 5.43. The quantitative estimate of drug-likeness (QED) is 0.655. The summed E-state index contributed by atoms with van der Waals surface area (Å²) in [6.45, 7) is 4.98. The van der Waals surface area contributed by atoms with E-state index in [0.29, 0.717) is 11.7 Å². The lowest BCUT2D eigenvalue weighted by Gasteiger charge is -2.23. The molecule has 0 saturated heterocycles. The molecule has 27 heavy (non-hydrogen) atoms. The zero-order valence-electron chi connectivity index (χ0n) is 16.1. The van der Waals surface area contributed by atoms with Crippen molar-refractivity contribution in [3.05, 3.63) is 60.3 Å². The topological polar surface area (TPSA) is 59.5 Å². The second kappa shape index (κ2) is 8.40. The van der Waals surface area contributed by atoms with Crippen molar-refractivity contribution in [2.24, 2.45) is 0 Å². The molecule has 6 heteroatoms. The van der Waals surface area contributed by atoms with Crippen LogP contribution >= 0.6 is 0 Å². The van der Waals surface area contributed by atoms with Gasteiger partial charge in [0.2, 0.25) is 5.95 Å². The molecule has 0 aliphatic heterocycles. The number of nitrogens with zero attached hydrogens (tertiary/aromatic N) is 3. The van der Waals surface area contributed by atoms with Gasteiger partial charge in [-0.05, 0) is 49.7 Å². The van der Waals surface area contributed by atoms with Gasteiger partial charge in [-0.1, -0.05) is 12.1 Å². The van der Waals surface area contributed by atoms with Gasteiger partial charge in [0.05, 0.1) is 19.9 Å². The van der Waals surface area contributed by atoms with Crippen molar-refractivity contribution >= 4 is 23.1 Å². The van der Waals surface area contributed by atoms with E-state index >= 15 is 0 Å². The Balaban J connectivity index is 1.89. The Kier molecular flexibility index (Phi) is 5.76. The third kappa shape index (κ3) is 4.28. The summed E-state index contributed by atoms with van der Waals surface area (Å²) in [4.78, 5) is 11.2. The van der Waals surface area contributed by atoms with Crippen LogP contribution in [0.3, 0.4) is 0 Å². The van der Waals surface area contributed by atoms with Crippen LogP contribution in [0.5, 0.6) is 11.5 Å². The summed E-state index contributed by atoms with van der Waals surface area (Å²) < 4.78 is 10.7. The number of methoxy groups -OCH3 is 2. The number of rotatable bonds is 7. The molecule has 2 aromatic carbocycles. The minimum Gasteiger partial charge on any atom is -0.497 e. The smallest absolute Gasteiger partial charge is 0.229 e. The van der Waals surface area contributed by atoms with Crippen LogP contribution in [0.1, 0.15) is 12.5 Å². The van der Waals surface area contributed by atoms with Gasteiger partial charge in [-0.3, -0.25) is 0 Å². The Labute approximate surface area is 159 Å². The predicted molar refractivity (Wildman–Crippen MR) is 109 cm³/mol. The van der Waals surface area contributed by atoms with Crippen LogP contribution in [0, 0.1) is 6.92 Å². The molecule has 1 N–H and O–H groups in total. The maximum atomic E-state index is 5.43. The maximum Gasteiger partial charge on any atom is 0.229 e. The first-order valence-electron chi connectivity index (χ1n) is 8.81. The average Bonchev–Trinajstić information content (AvgIpc) is 2.69. The number of aromatic nitrogens is 2. The molecular weight excluding hydrogens is 340 g/mol. The number of ether oxygens (including phenoxy) is 2. The van der Waals surface area contributed by atoms with Crippen LogP contribution in [-0.4, -0.2) is 30.7 Å². The largest absolute Gasteiger partial charge is 0.497 e. The van der Waals surface area contributed by atoms with Gasteiger partial charge in [-0.2, -0.15) is 4.98 Å². The lowest BCUT2D eigenvalue weighted by Crippen LogP contribution is -2.18. The first-order chi connectivity index (χ1) is 13.1. The molecule has 0 atom stereocenters. The second-order valence-corrected chi connectivity index (χ2v) is 6.01. The molecule has 0 unspecified atom stereocenters. The zero-order chi connectivity index (χ0) is 19.2. The summed E-state index contributed by atoms with van der Waals surface area (Å²) in [5, 5.41) is 3.23. The molecule has 1 heterocycles. The van der Waals surface area contributed by atoms with Crippen LogP contribution in [0.4, 0.5) is 23.1 Å². The molecule has 0 aliphatic carbocycles. The molecule has 0 bridgehead atoms. The number of nitrogens with one attached hydrogen (secondary N) is 1. The highest BCUT2D eigenvalue weighted by Crippen LogP contribution is 2.31. The Morgan fingerprint density at radius 3 is 2.59 bits per heavy atom. The van der Waals surface area contributed by atoms with Gasteiger partial charge in [0, 0.05) is 24.5 Å². The van der Waals surface area contributed by atoms with Crippen molar-refractivity contribution in [3.63, 3.8) is 0 Å². The molecule has 0 saturated carbocycles. The highest BCUT2D eigenvalue weighted by molar-refractivity contribution is 5.66. The van der Waals surface area contributed by atoms with Crippen molar-refractivity contribution in [1.82, 2.24) is 9.97 Å². The fourth-order valence-electron chi connectivity index (χ4n) is 2.85. The first kappa shape index (κ1) is 18.5. The van der Waals surface area contributed by atoms with Crippen LogP contribution in [0.15, 0.2) is 54.7 Å². The van der Waals surface area contributed by atoms with Crippen LogP contribution in [0.25, 0.3) is 0 Å². The van der Waals surface area contributed by atoms with Crippen molar-refractivity contribution in [2.45, 2.75) is 13.8 Å². The van der Waals surface area contributed by atoms with Gasteiger partial charge in [-0.25, -0.2) is 4.98 Å². The molecule has 1 aromatic heterocycles. The Hall–Kier alpha value is -3.28. The first-order valence-corrected chi connectivity index (χ1v) is 8.81. The lowest BCUT2D eigenvalue weighted by molar-refractivity contribution is 0.395. The van der Waals surface area contributed by atoms with E-state index in [2.05, 4.69) is 58.3 Å². The van der Waals surface area contributed by atoms with Crippen LogP contribution < -0.4 is 19.7 Å². The minimum absolute atomic E-state index is 0.502. The van der Waals surface area contributed by atoms with Gasteiger partial charge < -0.3 is 19.7 Å². The van der Waals surface area contributed by atoms with Gasteiger partial charge in [-0.15, -0.1) is 0 Å². The van der Waals surface area contributed by atoms with Crippen molar-refractivity contribution < 1.29 is 9.47 Å². The van der Waals surface area contributed by atoms with Gasteiger partial charge >= 0.3 is 0 Å². The van der Waals surface area contributed by atoms with Crippen LogP contribution in [-0.2, 0) is 0 Å². The normalized spacial score (nSPS) is 10.4. The molecule has 0 spiro atoms. The SMILES string of the molecule is CCN(c1cccc(C)c1)c1ccnc(Nc2ccc(OC)cc2OC)n1. The standard InChI is InChI=1S/C21H24N4O2/c1-5-25(16-8-6-7-15(2)13-16)20-11-12-22-21(24-20)23-18-10-9-17(26-3)14-19(18)27-4/h6-14H,5H2,1-4H3,(H,22,23,24). The van der Waals surface area contributed by atoms with E-state index in [1.165, 1.54) is 5.56 Å². The van der Waals surface area contributed by atoms with E-state index in [1.54, 1.807) is 20.4 Å². The molecular formula is C21H24N4O2. The second-order valence-electron chi connectivity index (χ2n) is 6.01. The van der Waals surface area contributed by atoms with E-state index in [4.69, 9.17) is 9.47 Å². The van der Waals surface area contributed by atoms with Crippen molar-refractivity contribution in [2.75, 3.05) is 31.0 Å². The van der Waals surface area contributed by atoms with E-state index < -0.39 is 0 Å². The minimum atomic E-state index is 0.502. The van der Waals surface area contributed by atoms with Crippen LogP contribution in [0.2, 0.25) is 0 Å². The summed E-state index contributed by atoms with van der Waals surface area (Å²) in [6.07, 6.45) is 1.75. The van der Waals surface area contributed by atoms with E-state index in [1.807, 2.05) is 24.3 Å². The third-order valence-electron chi connectivity index (χ3n) is 4.20. The average molecular weight is 364 g/mol. The summed E-state index contributed by atoms with van der Waals surface area (Å²) in [6, 6.07) is 15.8. The Morgan fingerprint density at radius 2 is 1.89 bits per heavy atom. The molecule has 140 valence electrons. The molecule has 0 amide bonds. The van der Waals surface area contributed by atoms with E-state index in [9.17, 15) is 0 Å². The number of anilines is 4. The summed E-state index contributed by atoms with van der Waals surface area (Å²) in [5.41, 5.74) is 3.08. The number of benzene rings is 2. The van der Waals surface area contributed by atoms with Gasteiger partial charge in [0.15, 0.2) is 0 Å². The third-order valence-corrected chi connectivity index (χ3v) is 4.20. The molecule has 6 nitrogen and oxygen atoms in total. The summed E-state index contributed by atoms with van der Waals surface area (Å²) >= 11 is 0. The summed E-state index contributed by atoms with van der Waals surface area (Å²) in [5.74, 6) is 2.72. The van der Waals surface area contributed by atoms with Gasteiger partial charge in [0.25, 0.3) is 0 Å². The number of hydrogen-bond donors (Lipinski definition) is 1. The number of hydrogen-bond acceptors (Lipinski definition) is 6. The Morgan fingerprint density at radius 1 is 1.04 bits per heavy atom. The van der Waals surface area contributed by atoms with Gasteiger partial charge in [0.1, 0.15) is 17.3 Å². The highest BCUT2D eigenvalue weighted by atomic mass is 16.5.